The van der Waals surface area contributed by atoms with Gasteiger partial charge in [-0.05, 0) is 20.3 Å². The van der Waals surface area contributed by atoms with Crippen LogP contribution in [0.2, 0.25) is 0 Å². The number of likely N-dealkylation sites (N-methyl/N-ethyl adjacent to an activating group) is 1. The van der Waals surface area contributed by atoms with Gasteiger partial charge in [0.1, 0.15) is 12.5 Å². The zero-order valence-electron chi connectivity index (χ0n) is 15.3. The van der Waals surface area contributed by atoms with Crippen LogP contribution in [0.5, 0.6) is 0 Å². The number of rotatable bonds is 10. The maximum Gasteiger partial charge on any atom is 0.356 e. The fourth-order valence-corrected chi connectivity index (χ4v) is 4.06. The highest BCUT2D eigenvalue weighted by molar-refractivity contribution is 7.53. The third-order valence-corrected chi connectivity index (χ3v) is 5.68. The van der Waals surface area contributed by atoms with Crippen molar-refractivity contribution in [3.63, 3.8) is 0 Å². The predicted molar refractivity (Wildman–Crippen MR) is 94.0 cm³/mol. The molecule has 1 aliphatic heterocycles. The SMILES string of the molecule is CCOP(=O)(COC[C@@H]1C[C@@H](Cn2ccc(=O)[nH]c2=O)N(C)O1)OCC. The van der Waals surface area contributed by atoms with Gasteiger partial charge in [-0.15, -0.1) is 0 Å². The molecule has 11 heteroatoms. The van der Waals surface area contributed by atoms with Crippen LogP contribution in [-0.4, -0.2) is 60.0 Å². The van der Waals surface area contributed by atoms with Gasteiger partial charge < -0.3 is 13.8 Å². The molecule has 2 rings (SSSR count). The summed E-state index contributed by atoms with van der Waals surface area (Å²) in [7, 11) is -1.47. The van der Waals surface area contributed by atoms with E-state index in [9.17, 15) is 14.2 Å². The van der Waals surface area contributed by atoms with Crippen molar-refractivity contribution in [1.29, 1.82) is 0 Å². The Morgan fingerprint density at radius 2 is 2.00 bits per heavy atom. The van der Waals surface area contributed by atoms with Gasteiger partial charge in [-0.1, -0.05) is 0 Å². The second-order valence-electron chi connectivity index (χ2n) is 5.87. The van der Waals surface area contributed by atoms with Gasteiger partial charge in [0.2, 0.25) is 0 Å². The number of hydrogen-bond donors (Lipinski definition) is 1. The molecule has 1 aromatic heterocycles. The third-order valence-electron chi connectivity index (χ3n) is 3.87. The van der Waals surface area contributed by atoms with Crippen LogP contribution in [0.3, 0.4) is 0 Å². The number of H-pyrrole nitrogens is 1. The normalized spacial score (nSPS) is 21.3. The quantitative estimate of drug-likeness (QED) is 0.583. The van der Waals surface area contributed by atoms with Gasteiger partial charge in [-0.25, -0.2) is 4.79 Å². The molecule has 0 aromatic carbocycles. The Balaban J connectivity index is 1.85. The molecule has 26 heavy (non-hydrogen) atoms. The van der Waals surface area contributed by atoms with Gasteiger partial charge in [0.05, 0.1) is 25.9 Å². The molecule has 0 aliphatic carbocycles. The lowest BCUT2D eigenvalue weighted by Crippen LogP contribution is -2.36. The summed E-state index contributed by atoms with van der Waals surface area (Å²) in [6, 6.07) is 1.24. The van der Waals surface area contributed by atoms with Gasteiger partial charge in [0.25, 0.3) is 5.56 Å². The molecule has 10 nitrogen and oxygen atoms in total. The zero-order chi connectivity index (χ0) is 19.2. The van der Waals surface area contributed by atoms with E-state index >= 15 is 0 Å². The summed E-state index contributed by atoms with van der Waals surface area (Å²) in [5.74, 6) is 0. The van der Waals surface area contributed by atoms with Crippen LogP contribution in [-0.2, 0) is 29.7 Å². The average molecular weight is 391 g/mol. The Kier molecular flexibility index (Phi) is 7.75. The van der Waals surface area contributed by atoms with Gasteiger partial charge in [-0.2, -0.15) is 5.06 Å². The maximum absolute atomic E-state index is 12.3. The summed E-state index contributed by atoms with van der Waals surface area (Å²) in [4.78, 5) is 30.8. The van der Waals surface area contributed by atoms with Crippen molar-refractivity contribution >= 4 is 7.60 Å². The van der Waals surface area contributed by atoms with Crippen LogP contribution in [0.1, 0.15) is 20.3 Å². The molecule has 0 bridgehead atoms. The fraction of sp³-hybridized carbons (Fsp3) is 0.733. The topological polar surface area (TPSA) is 112 Å². The molecule has 0 unspecified atom stereocenters. The van der Waals surface area contributed by atoms with E-state index in [1.54, 1.807) is 26.0 Å². The van der Waals surface area contributed by atoms with Crippen molar-refractivity contribution in [2.24, 2.45) is 0 Å². The van der Waals surface area contributed by atoms with E-state index in [2.05, 4.69) is 4.98 Å². The molecule has 1 fully saturated rings. The first kappa shape index (κ1) is 21.0. The number of nitrogens with one attached hydrogen (secondary N) is 1. The molecule has 1 aromatic rings. The molecule has 148 valence electrons. The minimum atomic E-state index is -3.24. The zero-order valence-corrected chi connectivity index (χ0v) is 16.1. The van der Waals surface area contributed by atoms with Crippen molar-refractivity contribution < 1.29 is 23.2 Å². The number of hydroxylamine groups is 2. The minimum absolute atomic E-state index is 0.0576. The molecule has 1 saturated heterocycles. The lowest BCUT2D eigenvalue weighted by molar-refractivity contribution is -0.157. The number of aromatic amines is 1. The third kappa shape index (κ3) is 5.87. The van der Waals surface area contributed by atoms with E-state index in [0.29, 0.717) is 13.0 Å². The van der Waals surface area contributed by atoms with Gasteiger partial charge in [0, 0.05) is 25.9 Å². The average Bonchev–Trinajstić information content (AvgIpc) is 2.90. The van der Waals surface area contributed by atoms with Crippen LogP contribution < -0.4 is 11.2 Å². The van der Waals surface area contributed by atoms with Crippen LogP contribution in [0.4, 0.5) is 0 Å². The summed E-state index contributed by atoms with van der Waals surface area (Å²) in [5, 5.41) is 1.66. The molecule has 0 saturated carbocycles. The van der Waals surface area contributed by atoms with E-state index in [1.165, 1.54) is 16.8 Å². The van der Waals surface area contributed by atoms with Crippen LogP contribution >= 0.6 is 7.60 Å². The first-order chi connectivity index (χ1) is 12.4. The smallest absolute Gasteiger partial charge is 0.356 e. The number of aromatic nitrogens is 2. The molecular formula is C15H26N3O7P. The van der Waals surface area contributed by atoms with Crippen LogP contribution in [0.15, 0.2) is 21.9 Å². The molecule has 0 radical (unpaired) electrons. The number of hydrogen-bond acceptors (Lipinski definition) is 8. The Hall–Kier alpha value is -1.29. The minimum Gasteiger partial charge on any atom is -0.366 e. The molecule has 0 amide bonds. The Labute approximate surface area is 151 Å². The van der Waals surface area contributed by atoms with Crippen molar-refractivity contribution in [3.05, 3.63) is 33.1 Å². The molecular weight excluding hydrogens is 365 g/mol. The van der Waals surface area contributed by atoms with Crippen LogP contribution in [0, 0.1) is 0 Å². The van der Waals surface area contributed by atoms with E-state index in [1.807, 2.05) is 0 Å². The maximum atomic E-state index is 12.3. The van der Waals surface area contributed by atoms with Crippen molar-refractivity contribution in [1.82, 2.24) is 14.6 Å². The van der Waals surface area contributed by atoms with E-state index in [0.717, 1.165) is 0 Å². The number of ether oxygens (including phenoxy) is 1. The van der Waals surface area contributed by atoms with E-state index in [4.69, 9.17) is 18.6 Å². The standard InChI is InChI=1S/C15H26N3O7P/c1-4-23-26(21,24-5-2)11-22-10-13-8-12(17(3)25-13)9-18-7-6-14(19)16-15(18)20/h6-7,12-13H,4-5,8-11H2,1-3H3,(H,16,19,20)/t12-,13-/m0/s1. The second-order valence-corrected chi connectivity index (χ2v) is 7.87. The molecule has 1 N–H and O–H groups in total. The van der Waals surface area contributed by atoms with Crippen molar-refractivity contribution in [2.75, 3.05) is 33.2 Å². The molecule has 1 aliphatic rings. The highest BCUT2D eigenvalue weighted by atomic mass is 31.2. The Morgan fingerprint density at radius 1 is 1.31 bits per heavy atom. The second kappa shape index (κ2) is 9.59. The summed E-state index contributed by atoms with van der Waals surface area (Å²) < 4.78 is 29.6. The lowest BCUT2D eigenvalue weighted by Gasteiger charge is -2.18. The lowest BCUT2D eigenvalue weighted by atomic mass is 10.1. The van der Waals surface area contributed by atoms with E-state index in [-0.39, 0.29) is 38.3 Å². The monoisotopic (exact) mass is 391 g/mol. The molecule has 2 atom stereocenters. The Morgan fingerprint density at radius 3 is 2.62 bits per heavy atom. The predicted octanol–water partition coefficient (Wildman–Crippen LogP) is 0.781. The van der Waals surface area contributed by atoms with E-state index < -0.39 is 18.8 Å². The van der Waals surface area contributed by atoms with Crippen molar-refractivity contribution in [2.45, 2.75) is 39.0 Å². The molecule has 0 spiro atoms. The van der Waals surface area contributed by atoms with Gasteiger partial charge in [0.15, 0.2) is 0 Å². The highest BCUT2D eigenvalue weighted by Gasteiger charge is 2.32. The van der Waals surface area contributed by atoms with Gasteiger partial charge >= 0.3 is 13.3 Å². The highest BCUT2D eigenvalue weighted by Crippen LogP contribution is 2.47. The van der Waals surface area contributed by atoms with Crippen molar-refractivity contribution in [3.8, 4) is 0 Å². The summed E-state index contributed by atoms with van der Waals surface area (Å²) in [6.07, 6.45) is 1.71. The first-order valence-corrected chi connectivity index (χ1v) is 10.2. The fourth-order valence-electron chi connectivity index (χ4n) is 2.72. The summed E-state index contributed by atoms with van der Waals surface area (Å²) >= 11 is 0. The Bertz CT molecular complexity index is 724. The van der Waals surface area contributed by atoms with Crippen LogP contribution in [0.25, 0.3) is 0 Å². The summed E-state index contributed by atoms with van der Waals surface area (Å²) in [6.45, 7) is 4.64. The number of nitrogens with zero attached hydrogens (tertiary/aromatic N) is 2. The first-order valence-electron chi connectivity index (χ1n) is 8.52. The summed E-state index contributed by atoms with van der Waals surface area (Å²) in [5.41, 5.74) is -0.887. The largest absolute Gasteiger partial charge is 0.366 e. The van der Waals surface area contributed by atoms with Gasteiger partial charge in [-0.3, -0.25) is 23.7 Å². The molecule has 2 heterocycles.